The predicted octanol–water partition coefficient (Wildman–Crippen LogP) is 1.23. The molecule has 1 amide bonds. The lowest BCUT2D eigenvalue weighted by Crippen LogP contribution is -2.19. The second kappa shape index (κ2) is 5.52. The van der Waals surface area contributed by atoms with Crippen molar-refractivity contribution in [3.05, 3.63) is 41.2 Å². The first-order chi connectivity index (χ1) is 9.47. The molecule has 104 valence electrons. The van der Waals surface area contributed by atoms with Crippen LogP contribution in [0.5, 0.6) is 0 Å². The Morgan fingerprint density at radius 3 is 2.70 bits per heavy atom. The maximum absolute atomic E-state index is 11.8. The Balaban J connectivity index is 2.17. The number of amides is 1. The van der Waals surface area contributed by atoms with E-state index in [0.717, 1.165) is 5.56 Å². The van der Waals surface area contributed by atoms with Crippen molar-refractivity contribution in [1.29, 1.82) is 0 Å². The van der Waals surface area contributed by atoms with Crippen molar-refractivity contribution in [3.8, 4) is 0 Å². The highest BCUT2D eigenvalue weighted by Crippen LogP contribution is 2.20. The van der Waals surface area contributed by atoms with E-state index >= 15 is 0 Å². The molecule has 7 heteroatoms. The maximum atomic E-state index is 11.8. The Labute approximate surface area is 115 Å². The molecule has 0 aliphatic rings. The molecule has 2 aromatic rings. The number of anilines is 1. The fraction of sp³-hybridized carbons (Fsp3) is 0.231. The van der Waals surface area contributed by atoms with E-state index in [2.05, 4.69) is 15.6 Å². The van der Waals surface area contributed by atoms with Crippen LogP contribution in [-0.4, -0.2) is 32.0 Å². The molecular formula is C13H14N4O3. The van der Waals surface area contributed by atoms with Gasteiger partial charge in [0, 0.05) is 11.9 Å². The van der Waals surface area contributed by atoms with E-state index in [1.807, 2.05) is 0 Å². The molecule has 2 N–H and O–H groups in total. The lowest BCUT2D eigenvalue weighted by Gasteiger charge is -2.10. The van der Waals surface area contributed by atoms with Gasteiger partial charge in [0.05, 0.1) is 11.8 Å². The zero-order valence-electron chi connectivity index (χ0n) is 11.1. The minimum Gasteiger partial charge on any atom is -0.478 e. The minimum absolute atomic E-state index is 0.0231. The summed E-state index contributed by atoms with van der Waals surface area (Å²) in [5.41, 5.74) is 2.13. The average Bonchev–Trinajstić information content (AvgIpc) is 2.85. The molecule has 0 bridgehead atoms. The van der Waals surface area contributed by atoms with Gasteiger partial charge >= 0.3 is 5.97 Å². The van der Waals surface area contributed by atoms with Gasteiger partial charge in [-0.15, -0.1) is 5.10 Å². The summed E-state index contributed by atoms with van der Waals surface area (Å²) < 4.78 is 1.38. The van der Waals surface area contributed by atoms with E-state index < -0.39 is 5.97 Å². The Kier molecular flexibility index (Phi) is 3.79. The Morgan fingerprint density at radius 2 is 2.10 bits per heavy atom. The van der Waals surface area contributed by atoms with Crippen molar-refractivity contribution in [1.82, 2.24) is 15.0 Å². The van der Waals surface area contributed by atoms with Crippen LogP contribution in [0.25, 0.3) is 0 Å². The minimum atomic E-state index is -1.02. The summed E-state index contributed by atoms with van der Waals surface area (Å²) in [4.78, 5) is 22.9. The molecule has 1 aromatic heterocycles. The smallest absolute Gasteiger partial charge is 0.336 e. The SMILES string of the molecule is Cc1cc(NC(=O)Cn2ccnn2)cc(C(=O)O)c1C. The van der Waals surface area contributed by atoms with Crippen LogP contribution in [0, 0.1) is 13.8 Å². The van der Waals surface area contributed by atoms with Crippen molar-refractivity contribution in [3.63, 3.8) is 0 Å². The quantitative estimate of drug-likeness (QED) is 0.874. The summed E-state index contributed by atoms with van der Waals surface area (Å²) in [5.74, 6) is -1.31. The van der Waals surface area contributed by atoms with Gasteiger partial charge in [0.25, 0.3) is 0 Å². The number of carbonyl (C=O) groups excluding carboxylic acids is 1. The van der Waals surface area contributed by atoms with E-state index in [9.17, 15) is 9.59 Å². The normalized spacial score (nSPS) is 10.3. The van der Waals surface area contributed by atoms with Gasteiger partial charge in [0.15, 0.2) is 0 Å². The fourth-order valence-corrected chi connectivity index (χ4v) is 1.82. The molecule has 0 saturated heterocycles. The van der Waals surface area contributed by atoms with E-state index in [1.54, 1.807) is 26.1 Å². The first kappa shape index (κ1) is 13.7. The highest BCUT2D eigenvalue weighted by Gasteiger charge is 2.12. The van der Waals surface area contributed by atoms with E-state index in [1.165, 1.54) is 16.9 Å². The molecule has 0 aliphatic heterocycles. The summed E-state index contributed by atoms with van der Waals surface area (Å²) in [5, 5.41) is 19.1. The summed E-state index contributed by atoms with van der Waals surface area (Å²) in [6, 6.07) is 3.19. The van der Waals surface area contributed by atoms with Crippen LogP contribution in [0.4, 0.5) is 5.69 Å². The predicted molar refractivity (Wildman–Crippen MR) is 71.5 cm³/mol. The van der Waals surface area contributed by atoms with Gasteiger partial charge in [0.1, 0.15) is 6.54 Å². The molecule has 0 saturated carbocycles. The van der Waals surface area contributed by atoms with Crippen molar-refractivity contribution >= 4 is 17.6 Å². The third-order valence-corrected chi connectivity index (χ3v) is 2.96. The number of nitrogens with zero attached hydrogens (tertiary/aromatic N) is 3. The molecule has 1 heterocycles. The van der Waals surface area contributed by atoms with Crippen LogP contribution in [0.1, 0.15) is 21.5 Å². The van der Waals surface area contributed by atoms with Crippen LogP contribution in [0.2, 0.25) is 0 Å². The van der Waals surface area contributed by atoms with Gasteiger partial charge in [-0.05, 0) is 37.1 Å². The summed E-state index contributed by atoms with van der Waals surface area (Å²) in [6.07, 6.45) is 3.05. The van der Waals surface area contributed by atoms with Crippen LogP contribution in [0.3, 0.4) is 0 Å². The van der Waals surface area contributed by atoms with E-state index in [4.69, 9.17) is 5.11 Å². The van der Waals surface area contributed by atoms with E-state index in [-0.39, 0.29) is 18.0 Å². The number of hydrogen-bond donors (Lipinski definition) is 2. The van der Waals surface area contributed by atoms with Crippen LogP contribution in [-0.2, 0) is 11.3 Å². The molecule has 7 nitrogen and oxygen atoms in total. The summed E-state index contributed by atoms with van der Waals surface area (Å²) in [7, 11) is 0. The second-order valence-corrected chi connectivity index (χ2v) is 4.42. The zero-order valence-corrected chi connectivity index (χ0v) is 11.1. The van der Waals surface area contributed by atoms with Gasteiger partial charge in [-0.3, -0.25) is 4.79 Å². The highest BCUT2D eigenvalue weighted by molar-refractivity contribution is 5.95. The number of benzene rings is 1. The molecule has 1 aromatic carbocycles. The Hall–Kier alpha value is -2.70. The third-order valence-electron chi connectivity index (χ3n) is 2.96. The number of aromatic carboxylic acids is 1. The molecule has 0 radical (unpaired) electrons. The number of aromatic nitrogens is 3. The van der Waals surface area contributed by atoms with Crippen molar-refractivity contribution < 1.29 is 14.7 Å². The number of carboxylic acids is 1. The molecule has 0 atom stereocenters. The van der Waals surface area contributed by atoms with Crippen LogP contribution < -0.4 is 5.32 Å². The first-order valence-corrected chi connectivity index (χ1v) is 5.96. The van der Waals surface area contributed by atoms with Gasteiger partial charge < -0.3 is 10.4 Å². The molecular weight excluding hydrogens is 260 g/mol. The highest BCUT2D eigenvalue weighted by atomic mass is 16.4. The number of carboxylic acid groups (broad SMARTS) is 1. The summed E-state index contributed by atoms with van der Waals surface area (Å²) in [6.45, 7) is 3.56. The third kappa shape index (κ3) is 3.00. The number of rotatable bonds is 4. The Bertz CT molecular complexity index is 650. The van der Waals surface area contributed by atoms with Gasteiger partial charge in [-0.2, -0.15) is 0 Å². The van der Waals surface area contributed by atoms with Gasteiger partial charge in [-0.25, -0.2) is 9.48 Å². The fourth-order valence-electron chi connectivity index (χ4n) is 1.82. The summed E-state index contributed by atoms with van der Waals surface area (Å²) >= 11 is 0. The zero-order chi connectivity index (χ0) is 14.7. The number of nitrogens with one attached hydrogen (secondary N) is 1. The van der Waals surface area contributed by atoms with Crippen molar-refractivity contribution in [2.24, 2.45) is 0 Å². The van der Waals surface area contributed by atoms with Gasteiger partial charge in [0.2, 0.25) is 5.91 Å². The number of carbonyl (C=O) groups is 2. The molecule has 0 unspecified atom stereocenters. The van der Waals surface area contributed by atoms with Crippen LogP contribution in [0.15, 0.2) is 24.5 Å². The second-order valence-electron chi connectivity index (χ2n) is 4.42. The Morgan fingerprint density at radius 1 is 1.35 bits per heavy atom. The first-order valence-electron chi connectivity index (χ1n) is 5.96. The average molecular weight is 274 g/mol. The van der Waals surface area contributed by atoms with Crippen molar-refractivity contribution in [2.45, 2.75) is 20.4 Å². The molecule has 0 aliphatic carbocycles. The maximum Gasteiger partial charge on any atom is 0.336 e. The van der Waals surface area contributed by atoms with E-state index in [0.29, 0.717) is 11.3 Å². The number of aryl methyl sites for hydroxylation is 1. The lowest BCUT2D eigenvalue weighted by atomic mass is 10.0. The standard InChI is InChI=1S/C13H14N4O3/c1-8-5-10(6-11(9(8)2)13(19)20)15-12(18)7-17-4-3-14-16-17/h3-6H,7H2,1-2H3,(H,15,18)(H,19,20). The van der Waals surface area contributed by atoms with Gasteiger partial charge in [-0.1, -0.05) is 5.21 Å². The topological polar surface area (TPSA) is 97.1 Å². The van der Waals surface area contributed by atoms with Crippen LogP contribution >= 0.6 is 0 Å². The van der Waals surface area contributed by atoms with Crippen molar-refractivity contribution in [2.75, 3.05) is 5.32 Å². The lowest BCUT2D eigenvalue weighted by molar-refractivity contribution is -0.116. The number of hydrogen-bond acceptors (Lipinski definition) is 4. The molecule has 0 spiro atoms. The molecule has 0 fully saturated rings. The largest absolute Gasteiger partial charge is 0.478 e. The monoisotopic (exact) mass is 274 g/mol. The molecule has 2 rings (SSSR count). The molecule has 20 heavy (non-hydrogen) atoms.